The maximum atomic E-state index is 12.7. The van der Waals surface area contributed by atoms with Gasteiger partial charge in [-0.2, -0.15) is 0 Å². The number of piperazine rings is 1. The van der Waals surface area contributed by atoms with Crippen molar-refractivity contribution in [2.75, 3.05) is 31.1 Å². The molecule has 0 N–H and O–H groups in total. The van der Waals surface area contributed by atoms with Crippen LogP contribution in [0.25, 0.3) is 0 Å². The van der Waals surface area contributed by atoms with Crippen molar-refractivity contribution < 1.29 is 9.72 Å². The van der Waals surface area contributed by atoms with Gasteiger partial charge in [-0.3, -0.25) is 4.79 Å². The van der Waals surface area contributed by atoms with Gasteiger partial charge in [0.2, 0.25) is 5.91 Å². The van der Waals surface area contributed by atoms with Crippen LogP contribution in [-0.2, 0) is 10.5 Å². The predicted molar refractivity (Wildman–Crippen MR) is 107 cm³/mol. The summed E-state index contributed by atoms with van der Waals surface area (Å²) in [6, 6.07) is 13.3. The van der Waals surface area contributed by atoms with E-state index in [2.05, 4.69) is 22.0 Å². The molecule has 1 amide bonds. The number of amides is 1. The second-order valence-electron chi connectivity index (χ2n) is 6.38. The fourth-order valence-corrected chi connectivity index (χ4v) is 3.91. The Balaban J connectivity index is 1.49. The molecule has 142 valence electrons. The molecule has 3 rings (SSSR count). The van der Waals surface area contributed by atoms with E-state index in [0.717, 1.165) is 11.4 Å². The predicted octanol–water partition coefficient (Wildman–Crippen LogP) is 2.96. The summed E-state index contributed by atoms with van der Waals surface area (Å²) in [5.74, 6) is 0.830. The normalized spacial score (nSPS) is 15.4. The second-order valence-corrected chi connectivity index (χ2v) is 7.71. The standard InChI is InChI=1S/C19H22N4O3S/c1-15(27-14-16-5-3-2-4-6-16)19(24)22-11-9-21(10-12-22)17-7-8-18(20-13-17)23(25)26/h2-8,13,15H,9-12,14H2,1H3/t15-/m1/s1. The minimum atomic E-state index is -0.505. The van der Waals surface area contributed by atoms with Crippen LogP contribution in [0.1, 0.15) is 12.5 Å². The largest absolute Gasteiger partial charge is 0.365 e. The molecule has 1 saturated heterocycles. The number of nitro groups is 1. The average molecular weight is 386 g/mol. The van der Waals surface area contributed by atoms with Crippen LogP contribution in [0.2, 0.25) is 0 Å². The number of aromatic nitrogens is 1. The zero-order valence-electron chi connectivity index (χ0n) is 15.2. The third kappa shape index (κ3) is 4.97. The van der Waals surface area contributed by atoms with Crippen LogP contribution in [0, 0.1) is 10.1 Å². The molecule has 1 aromatic carbocycles. The first-order chi connectivity index (χ1) is 13.0. The van der Waals surface area contributed by atoms with E-state index in [0.29, 0.717) is 26.2 Å². The summed E-state index contributed by atoms with van der Waals surface area (Å²) >= 11 is 1.65. The van der Waals surface area contributed by atoms with Gasteiger partial charge in [-0.15, -0.1) is 11.8 Å². The molecule has 0 bridgehead atoms. The smallest absolute Gasteiger partial charge is 0.363 e. The van der Waals surface area contributed by atoms with Gasteiger partial charge >= 0.3 is 5.82 Å². The first kappa shape index (κ1) is 19.2. The zero-order chi connectivity index (χ0) is 19.2. The summed E-state index contributed by atoms with van der Waals surface area (Å²) in [6.07, 6.45) is 1.52. The Morgan fingerprint density at radius 1 is 1.19 bits per heavy atom. The van der Waals surface area contributed by atoms with Crippen molar-refractivity contribution in [3.05, 3.63) is 64.3 Å². The molecule has 7 nitrogen and oxygen atoms in total. The minimum Gasteiger partial charge on any atom is -0.365 e. The van der Waals surface area contributed by atoms with E-state index in [-0.39, 0.29) is 17.0 Å². The van der Waals surface area contributed by atoms with Crippen LogP contribution in [0.3, 0.4) is 0 Å². The third-order valence-electron chi connectivity index (χ3n) is 4.57. The van der Waals surface area contributed by atoms with Crippen LogP contribution in [0.15, 0.2) is 48.7 Å². The first-order valence-electron chi connectivity index (χ1n) is 8.84. The summed E-state index contributed by atoms with van der Waals surface area (Å²) in [4.78, 5) is 30.7. The molecular formula is C19H22N4O3S. The highest BCUT2D eigenvalue weighted by atomic mass is 32.2. The molecule has 1 aliphatic rings. The van der Waals surface area contributed by atoms with Gasteiger partial charge in [-0.05, 0) is 28.5 Å². The molecule has 0 saturated carbocycles. The van der Waals surface area contributed by atoms with Crippen LogP contribution in [-0.4, -0.2) is 52.1 Å². The van der Waals surface area contributed by atoms with Gasteiger partial charge in [0.1, 0.15) is 0 Å². The highest BCUT2D eigenvalue weighted by molar-refractivity contribution is 7.99. The number of carbonyl (C=O) groups is 1. The van der Waals surface area contributed by atoms with E-state index in [1.54, 1.807) is 17.8 Å². The maximum absolute atomic E-state index is 12.7. The summed E-state index contributed by atoms with van der Waals surface area (Å²) in [5.41, 5.74) is 2.07. The first-order valence-corrected chi connectivity index (χ1v) is 9.89. The summed E-state index contributed by atoms with van der Waals surface area (Å²) in [6.45, 7) is 4.64. The van der Waals surface area contributed by atoms with Crippen LogP contribution >= 0.6 is 11.8 Å². The summed E-state index contributed by atoms with van der Waals surface area (Å²) in [7, 11) is 0. The van der Waals surface area contributed by atoms with Gasteiger partial charge in [-0.25, -0.2) is 0 Å². The van der Waals surface area contributed by atoms with Crippen molar-refractivity contribution in [3.8, 4) is 0 Å². The maximum Gasteiger partial charge on any atom is 0.363 e. The van der Waals surface area contributed by atoms with E-state index >= 15 is 0 Å². The number of thioether (sulfide) groups is 1. The van der Waals surface area contributed by atoms with Crippen molar-refractivity contribution in [2.45, 2.75) is 17.9 Å². The Hall–Kier alpha value is -2.61. The lowest BCUT2D eigenvalue weighted by Crippen LogP contribution is -2.50. The Morgan fingerprint density at radius 2 is 1.89 bits per heavy atom. The van der Waals surface area contributed by atoms with E-state index in [1.807, 2.05) is 30.0 Å². The highest BCUT2D eigenvalue weighted by Gasteiger charge is 2.25. The van der Waals surface area contributed by atoms with Crippen molar-refractivity contribution in [3.63, 3.8) is 0 Å². The Kier molecular flexibility index (Phi) is 6.28. The van der Waals surface area contributed by atoms with Crippen LogP contribution in [0.4, 0.5) is 11.5 Å². The molecule has 2 aromatic rings. The number of nitrogens with zero attached hydrogens (tertiary/aromatic N) is 4. The number of anilines is 1. The third-order valence-corrected chi connectivity index (χ3v) is 5.77. The molecule has 27 heavy (non-hydrogen) atoms. The van der Waals surface area contributed by atoms with Crippen molar-refractivity contribution in [1.29, 1.82) is 0 Å². The molecule has 1 atom stereocenters. The molecule has 1 fully saturated rings. The molecule has 8 heteroatoms. The monoisotopic (exact) mass is 386 g/mol. The Labute approximate surface area is 162 Å². The fourth-order valence-electron chi connectivity index (χ4n) is 2.98. The molecule has 1 aromatic heterocycles. The fraction of sp³-hybridized carbons (Fsp3) is 0.368. The second kappa shape index (κ2) is 8.85. The zero-order valence-corrected chi connectivity index (χ0v) is 16.0. The number of pyridine rings is 1. The summed E-state index contributed by atoms with van der Waals surface area (Å²) < 4.78 is 0. The number of carbonyl (C=O) groups excluding carboxylic acids is 1. The molecule has 0 unspecified atom stereocenters. The van der Waals surface area contributed by atoms with E-state index in [9.17, 15) is 14.9 Å². The number of benzene rings is 1. The minimum absolute atomic E-state index is 0.0854. The molecule has 0 aliphatic carbocycles. The van der Waals surface area contributed by atoms with Gasteiger partial charge in [0.05, 0.1) is 10.9 Å². The molecule has 0 radical (unpaired) electrons. The quantitative estimate of drug-likeness (QED) is 0.561. The number of rotatable bonds is 6. The Morgan fingerprint density at radius 3 is 2.48 bits per heavy atom. The van der Waals surface area contributed by atoms with Gasteiger partial charge < -0.3 is 19.9 Å². The van der Waals surface area contributed by atoms with Gasteiger partial charge in [0, 0.05) is 38.0 Å². The van der Waals surface area contributed by atoms with E-state index in [4.69, 9.17) is 0 Å². The van der Waals surface area contributed by atoms with Gasteiger partial charge in [0.25, 0.3) is 0 Å². The molecule has 0 spiro atoms. The Bertz CT molecular complexity index is 777. The number of hydrogen-bond acceptors (Lipinski definition) is 6. The van der Waals surface area contributed by atoms with Crippen LogP contribution < -0.4 is 4.90 Å². The van der Waals surface area contributed by atoms with E-state index in [1.165, 1.54) is 17.8 Å². The molecule has 1 aliphatic heterocycles. The number of hydrogen-bond donors (Lipinski definition) is 0. The van der Waals surface area contributed by atoms with Crippen molar-refractivity contribution >= 4 is 29.2 Å². The highest BCUT2D eigenvalue weighted by Crippen LogP contribution is 2.22. The van der Waals surface area contributed by atoms with Gasteiger partial charge in [0.15, 0.2) is 6.20 Å². The van der Waals surface area contributed by atoms with Crippen molar-refractivity contribution in [2.24, 2.45) is 0 Å². The van der Waals surface area contributed by atoms with Gasteiger partial charge in [-0.1, -0.05) is 30.3 Å². The average Bonchev–Trinajstić information content (AvgIpc) is 2.72. The SMILES string of the molecule is C[C@@H](SCc1ccccc1)C(=O)N1CCN(c2ccc([N+](=O)[O-])nc2)CC1. The van der Waals surface area contributed by atoms with Crippen molar-refractivity contribution in [1.82, 2.24) is 9.88 Å². The topological polar surface area (TPSA) is 79.6 Å². The summed E-state index contributed by atoms with van der Waals surface area (Å²) in [5, 5.41) is 10.6. The van der Waals surface area contributed by atoms with Crippen LogP contribution in [0.5, 0.6) is 0 Å². The lowest BCUT2D eigenvalue weighted by molar-refractivity contribution is -0.389. The molecule has 2 heterocycles. The lowest BCUT2D eigenvalue weighted by Gasteiger charge is -2.36. The van der Waals surface area contributed by atoms with E-state index < -0.39 is 4.92 Å². The lowest BCUT2D eigenvalue weighted by atomic mass is 10.2. The molecular weight excluding hydrogens is 364 g/mol.